The van der Waals surface area contributed by atoms with E-state index in [-0.39, 0.29) is 10.0 Å². The van der Waals surface area contributed by atoms with Crippen LogP contribution in [-0.4, -0.2) is 6.04 Å². The van der Waals surface area contributed by atoms with Gasteiger partial charge in [-0.3, -0.25) is 0 Å². The lowest BCUT2D eigenvalue weighted by atomic mass is 10.1. The third-order valence-corrected chi connectivity index (χ3v) is 3.03. The molecule has 0 bridgehead atoms. The number of hydrogen-bond donors (Lipinski definition) is 1. The van der Waals surface area contributed by atoms with Gasteiger partial charge in [-0.25, -0.2) is 4.39 Å². The first-order chi connectivity index (χ1) is 7.58. The largest absolute Gasteiger partial charge is 0.382 e. The Balaban J connectivity index is 2.80. The summed E-state index contributed by atoms with van der Waals surface area (Å²) in [6.45, 7) is 4.25. The maximum atomic E-state index is 13.2. The zero-order chi connectivity index (χ0) is 12.1. The fourth-order valence-corrected chi connectivity index (χ4v) is 2.09. The van der Waals surface area contributed by atoms with Gasteiger partial charge in [0.15, 0.2) is 5.82 Å². The van der Waals surface area contributed by atoms with E-state index in [4.69, 9.17) is 23.2 Å². The molecule has 0 heterocycles. The summed E-state index contributed by atoms with van der Waals surface area (Å²) in [6, 6.07) is 3.52. The molecule has 1 atom stereocenters. The van der Waals surface area contributed by atoms with E-state index in [9.17, 15) is 4.39 Å². The lowest BCUT2D eigenvalue weighted by Crippen LogP contribution is -2.17. The van der Waals surface area contributed by atoms with E-state index in [1.54, 1.807) is 12.1 Å². The van der Waals surface area contributed by atoms with Gasteiger partial charge in [0.2, 0.25) is 0 Å². The lowest BCUT2D eigenvalue weighted by molar-refractivity contribution is 0.619. The summed E-state index contributed by atoms with van der Waals surface area (Å²) in [5, 5.41) is 3.42. The number of hydrogen-bond acceptors (Lipinski definition) is 1. The second kappa shape index (κ2) is 6.31. The molecule has 0 saturated heterocycles. The molecule has 0 amide bonds. The molecule has 16 heavy (non-hydrogen) atoms. The van der Waals surface area contributed by atoms with Crippen molar-refractivity contribution in [1.29, 1.82) is 0 Å². The highest BCUT2D eigenvalue weighted by molar-refractivity contribution is 6.35. The highest BCUT2D eigenvalue weighted by Gasteiger charge is 2.10. The van der Waals surface area contributed by atoms with E-state index in [0.29, 0.717) is 6.04 Å². The Morgan fingerprint density at radius 3 is 2.25 bits per heavy atom. The lowest BCUT2D eigenvalue weighted by Gasteiger charge is -2.18. The van der Waals surface area contributed by atoms with Crippen molar-refractivity contribution in [2.24, 2.45) is 0 Å². The molecule has 1 nitrogen and oxygen atoms in total. The summed E-state index contributed by atoms with van der Waals surface area (Å²) >= 11 is 11.4. The Bertz CT molecular complexity index is 332. The molecular formula is C12H16Cl2FN. The molecular weight excluding hydrogens is 248 g/mol. The van der Waals surface area contributed by atoms with Crippen LogP contribution < -0.4 is 5.32 Å². The zero-order valence-corrected chi connectivity index (χ0v) is 11.0. The van der Waals surface area contributed by atoms with Gasteiger partial charge in [-0.2, -0.15) is 0 Å². The number of nitrogens with one attached hydrogen (secondary N) is 1. The summed E-state index contributed by atoms with van der Waals surface area (Å²) in [4.78, 5) is 0. The van der Waals surface area contributed by atoms with Gasteiger partial charge < -0.3 is 5.32 Å². The van der Waals surface area contributed by atoms with Gasteiger partial charge in [-0.05, 0) is 25.0 Å². The quantitative estimate of drug-likeness (QED) is 0.727. The van der Waals surface area contributed by atoms with Crippen molar-refractivity contribution in [3.05, 3.63) is 28.0 Å². The molecule has 0 saturated carbocycles. The zero-order valence-electron chi connectivity index (χ0n) is 9.49. The van der Waals surface area contributed by atoms with Gasteiger partial charge in [0, 0.05) is 11.7 Å². The van der Waals surface area contributed by atoms with Crippen LogP contribution in [0.4, 0.5) is 10.1 Å². The summed E-state index contributed by atoms with van der Waals surface area (Å²) in [7, 11) is 0. The second-order valence-corrected chi connectivity index (χ2v) is 4.61. The molecule has 0 aliphatic heterocycles. The third-order valence-electron chi connectivity index (χ3n) is 2.48. The van der Waals surface area contributed by atoms with Crippen molar-refractivity contribution in [3.63, 3.8) is 0 Å². The van der Waals surface area contributed by atoms with Crippen LogP contribution in [0.2, 0.25) is 10.0 Å². The molecule has 1 aromatic rings. The van der Waals surface area contributed by atoms with Crippen LogP contribution in [0.5, 0.6) is 0 Å². The SMILES string of the molecule is CCCC(CC)Nc1cc(Cl)c(F)c(Cl)c1. The fourth-order valence-electron chi connectivity index (χ4n) is 1.60. The molecule has 0 aliphatic rings. The van der Waals surface area contributed by atoms with Crippen molar-refractivity contribution in [2.45, 2.75) is 39.2 Å². The monoisotopic (exact) mass is 263 g/mol. The van der Waals surface area contributed by atoms with Crippen LogP contribution in [0.25, 0.3) is 0 Å². The van der Waals surface area contributed by atoms with Gasteiger partial charge in [0.1, 0.15) is 0 Å². The summed E-state index contributed by atoms with van der Waals surface area (Å²) in [5.74, 6) is -0.558. The van der Waals surface area contributed by atoms with Crippen molar-refractivity contribution >= 4 is 28.9 Å². The summed E-state index contributed by atoms with van der Waals surface area (Å²) in [6.07, 6.45) is 3.19. The molecule has 90 valence electrons. The number of anilines is 1. The van der Waals surface area contributed by atoms with Crippen LogP contribution >= 0.6 is 23.2 Å². The first-order valence-electron chi connectivity index (χ1n) is 5.49. The number of rotatable bonds is 5. The predicted octanol–water partition coefficient (Wildman–Crippen LogP) is 5.12. The van der Waals surface area contributed by atoms with Crippen LogP contribution in [0.3, 0.4) is 0 Å². The molecule has 1 N–H and O–H groups in total. The van der Waals surface area contributed by atoms with Crippen LogP contribution in [0, 0.1) is 5.82 Å². The summed E-state index contributed by atoms with van der Waals surface area (Å²) < 4.78 is 13.2. The van der Waals surface area contributed by atoms with Crippen molar-refractivity contribution in [2.75, 3.05) is 5.32 Å². The van der Waals surface area contributed by atoms with E-state index in [0.717, 1.165) is 24.9 Å². The Morgan fingerprint density at radius 2 is 1.81 bits per heavy atom. The Kier molecular flexibility index (Phi) is 5.36. The molecule has 0 spiro atoms. The molecule has 0 radical (unpaired) electrons. The smallest absolute Gasteiger partial charge is 0.160 e. The maximum Gasteiger partial charge on any atom is 0.160 e. The van der Waals surface area contributed by atoms with E-state index in [1.165, 1.54) is 0 Å². The molecule has 0 fully saturated rings. The van der Waals surface area contributed by atoms with Crippen LogP contribution in [-0.2, 0) is 0 Å². The molecule has 1 aromatic carbocycles. The maximum absolute atomic E-state index is 13.2. The van der Waals surface area contributed by atoms with Crippen molar-refractivity contribution < 1.29 is 4.39 Å². The van der Waals surface area contributed by atoms with E-state index in [2.05, 4.69) is 19.2 Å². The number of benzene rings is 1. The fraction of sp³-hybridized carbons (Fsp3) is 0.500. The first kappa shape index (κ1) is 13.6. The first-order valence-corrected chi connectivity index (χ1v) is 6.25. The topological polar surface area (TPSA) is 12.0 Å². The van der Waals surface area contributed by atoms with E-state index >= 15 is 0 Å². The minimum absolute atomic E-state index is 0.0568. The standard InChI is InChI=1S/C12H16Cl2FN/c1-3-5-8(4-2)16-9-6-10(13)12(15)11(14)7-9/h6-8,16H,3-5H2,1-2H3. The van der Waals surface area contributed by atoms with Crippen molar-refractivity contribution in [3.8, 4) is 0 Å². The molecule has 0 aliphatic carbocycles. The van der Waals surface area contributed by atoms with Crippen molar-refractivity contribution in [1.82, 2.24) is 0 Å². The minimum Gasteiger partial charge on any atom is -0.382 e. The Hall–Kier alpha value is -0.470. The minimum atomic E-state index is -0.558. The molecule has 0 aromatic heterocycles. The molecule has 4 heteroatoms. The normalized spacial score (nSPS) is 12.6. The second-order valence-electron chi connectivity index (χ2n) is 3.79. The van der Waals surface area contributed by atoms with Gasteiger partial charge >= 0.3 is 0 Å². The Morgan fingerprint density at radius 1 is 1.25 bits per heavy atom. The highest BCUT2D eigenvalue weighted by atomic mass is 35.5. The number of halogens is 3. The van der Waals surface area contributed by atoms with Gasteiger partial charge in [-0.1, -0.05) is 43.5 Å². The highest BCUT2D eigenvalue weighted by Crippen LogP contribution is 2.28. The average Bonchev–Trinajstić information content (AvgIpc) is 2.25. The predicted molar refractivity (Wildman–Crippen MR) is 69.0 cm³/mol. The average molecular weight is 264 g/mol. The van der Waals surface area contributed by atoms with Gasteiger partial charge in [0.05, 0.1) is 10.0 Å². The molecule has 1 rings (SSSR count). The van der Waals surface area contributed by atoms with Crippen LogP contribution in [0.1, 0.15) is 33.1 Å². The van der Waals surface area contributed by atoms with Gasteiger partial charge in [0.25, 0.3) is 0 Å². The molecule has 1 unspecified atom stereocenters. The summed E-state index contributed by atoms with van der Waals surface area (Å²) in [5.41, 5.74) is 0.775. The van der Waals surface area contributed by atoms with E-state index < -0.39 is 5.82 Å². The van der Waals surface area contributed by atoms with E-state index in [1.807, 2.05) is 0 Å². The Labute approximate surface area is 106 Å². The third kappa shape index (κ3) is 3.53. The van der Waals surface area contributed by atoms with Crippen LogP contribution in [0.15, 0.2) is 12.1 Å². The van der Waals surface area contributed by atoms with Gasteiger partial charge in [-0.15, -0.1) is 0 Å².